The van der Waals surface area contributed by atoms with E-state index in [0.717, 1.165) is 22.2 Å². The van der Waals surface area contributed by atoms with Crippen molar-refractivity contribution in [3.8, 4) is 0 Å². The Morgan fingerprint density at radius 3 is 2.67 bits per heavy atom. The largest absolute Gasteiger partial charge is 0.393 e. The van der Waals surface area contributed by atoms with Crippen molar-refractivity contribution in [2.45, 2.75) is 39.7 Å². The number of nitrogens with zero attached hydrogens (tertiary/aromatic N) is 1. The van der Waals surface area contributed by atoms with Crippen LogP contribution in [0, 0.1) is 12.8 Å². The van der Waals surface area contributed by atoms with E-state index in [4.69, 9.17) is 0 Å². The molecule has 1 atom stereocenters. The van der Waals surface area contributed by atoms with Gasteiger partial charge in [-0.3, -0.25) is 4.98 Å². The summed E-state index contributed by atoms with van der Waals surface area (Å²) in [5.41, 5.74) is 2.12. The van der Waals surface area contributed by atoms with Crippen LogP contribution < -0.4 is 0 Å². The van der Waals surface area contributed by atoms with Gasteiger partial charge in [0.25, 0.3) is 0 Å². The van der Waals surface area contributed by atoms with E-state index < -0.39 is 0 Å². The van der Waals surface area contributed by atoms with Crippen molar-refractivity contribution in [1.82, 2.24) is 4.98 Å². The first kappa shape index (κ1) is 12.7. The molecule has 15 heavy (non-hydrogen) atoms. The molecule has 0 aromatic carbocycles. The van der Waals surface area contributed by atoms with Gasteiger partial charge in [-0.15, -0.1) is 0 Å². The molecule has 0 saturated carbocycles. The van der Waals surface area contributed by atoms with Crippen LogP contribution in [0.4, 0.5) is 0 Å². The fourth-order valence-electron chi connectivity index (χ4n) is 1.63. The third kappa shape index (κ3) is 4.31. The van der Waals surface area contributed by atoms with E-state index in [1.165, 1.54) is 0 Å². The molecule has 1 heterocycles. The number of hydrogen-bond acceptors (Lipinski definition) is 2. The van der Waals surface area contributed by atoms with Crippen LogP contribution >= 0.6 is 15.9 Å². The van der Waals surface area contributed by atoms with Crippen LogP contribution in [0.15, 0.2) is 16.7 Å². The van der Waals surface area contributed by atoms with Crippen molar-refractivity contribution < 1.29 is 5.11 Å². The first-order valence-electron chi connectivity index (χ1n) is 5.28. The topological polar surface area (TPSA) is 33.1 Å². The van der Waals surface area contributed by atoms with Gasteiger partial charge < -0.3 is 5.11 Å². The zero-order valence-electron chi connectivity index (χ0n) is 9.50. The van der Waals surface area contributed by atoms with Gasteiger partial charge in [0.05, 0.1) is 6.10 Å². The lowest BCUT2D eigenvalue weighted by Gasteiger charge is -2.13. The maximum absolute atomic E-state index is 9.82. The molecule has 0 bridgehead atoms. The Kier molecular flexibility index (Phi) is 4.74. The maximum Gasteiger partial charge on any atom is 0.0598 e. The average molecular weight is 272 g/mol. The highest BCUT2D eigenvalue weighted by Crippen LogP contribution is 2.16. The van der Waals surface area contributed by atoms with Crippen LogP contribution in [0.3, 0.4) is 0 Å². The number of aromatic nitrogens is 1. The number of rotatable bonds is 4. The molecule has 0 aliphatic carbocycles. The van der Waals surface area contributed by atoms with E-state index in [9.17, 15) is 5.11 Å². The molecule has 1 rings (SSSR count). The molecule has 0 spiro atoms. The number of hydrogen-bond donors (Lipinski definition) is 1. The minimum Gasteiger partial charge on any atom is -0.393 e. The summed E-state index contributed by atoms with van der Waals surface area (Å²) in [4.78, 5) is 4.32. The second-order valence-electron chi connectivity index (χ2n) is 4.40. The minimum absolute atomic E-state index is 0.280. The maximum atomic E-state index is 9.82. The predicted molar refractivity (Wildman–Crippen MR) is 65.8 cm³/mol. The summed E-state index contributed by atoms with van der Waals surface area (Å²) < 4.78 is 0.988. The third-order valence-corrected chi connectivity index (χ3v) is 2.76. The SMILES string of the molecule is Cc1cc(Br)cnc1CC(O)CC(C)C. The number of pyridine rings is 1. The molecule has 3 heteroatoms. The van der Waals surface area contributed by atoms with E-state index in [-0.39, 0.29) is 6.10 Å². The second kappa shape index (κ2) is 5.61. The molecule has 0 radical (unpaired) electrons. The Hall–Kier alpha value is -0.410. The van der Waals surface area contributed by atoms with Crippen molar-refractivity contribution in [2.24, 2.45) is 5.92 Å². The molecular weight excluding hydrogens is 254 g/mol. The van der Waals surface area contributed by atoms with E-state index in [1.807, 2.05) is 13.0 Å². The van der Waals surface area contributed by atoms with Crippen LogP contribution in [0.5, 0.6) is 0 Å². The average Bonchev–Trinajstić information content (AvgIpc) is 2.08. The summed E-state index contributed by atoms with van der Waals surface area (Å²) in [6.07, 6.45) is 2.98. The van der Waals surface area contributed by atoms with E-state index >= 15 is 0 Å². The summed E-state index contributed by atoms with van der Waals surface area (Å²) in [6.45, 7) is 6.26. The van der Waals surface area contributed by atoms with Gasteiger partial charge in [-0.2, -0.15) is 0 Å². The minimum atomic E-state index is -0.280. The normalized spacial score (nSPS) is 13.2. The molecule has 1 aromatic rings. The van der Waals surface area contributed by atoms with Gasteiger partial charge in [0, 0.05) is 22.8 Å². The molecule has 1 N–H and O–H groups in total. The predicted octanol–water partition coefficient (Wildman–Crippen LogP) is 3.10. The van der Waals surface area contributed by atoms with Crippen LogP contribution in [-0.4, -0.2) is 16.2 Å². The number of halogens is 1. The Morgan fingerprint density at radius 2 is 2.13 bits per heavy atom. The van der Waals surface area contributed by atoms with E-state index in [0.29, 0.717) is 12.3 Å². The van der Waals surface area contributed by atoms with Gasteiger partial charge in [0.15, 0.2) is 0 Å². The molecule has 0 aliphatic rings. The van der Waals surface area contributed by atoms with E-state index in [1.54, 1.807) is 6.20 Å². The van der Waals surface area contributed by atoms with Gasteiger partial charge in [-0.1, -0.05) is 13.8 Å². The van der Waals surface area contributed by atoms with Gasteiger partial charge in [0.2, 0.25) is 0 Å². The summed E-state index contributed by atoms with van der Waals surface area (Å²) in [5, 5.41) is 9.82. The van der Waals surface area contributed by atoms with Gasteiger partial charge in [-0.25, -0.2) is 0 Å². The zero-order chi connectivity index (χ0) is 11.4. The lowest BCUT2D eigenvalue weighted by atomic mass is 10.0. The lowest BCUT2D eigenvalue weighted by Crippen LogP contribution is -2.15. The number of aryl methyl sites for hydroxylation is 1. The fourth-order valence-corrected chi connectivity index (χ4v) is 2.08. The molecule has 0 fully saturated rings. The van der Waals surface area contributed by atoms with Crippen molar-refractivity contribution in [1.29, 1.82) is 0 Å². The molecule has 1 aromatic heterocycles. The van der Waals surface area contributed by atoms with Gasteiger partial charge >= 0.3 is 0 Å². The van der Waals surface area contributed by atoms with Crippen LogP contribution in [0.25, 0.3) is 0 Å². The van der Waals surface area contributed by atoms with E-state index in [2.05, 4.69) is 34.8 Å². The first-order valence-corrected chi connectivity index (χ1v) is 6.07. The Morgan fingerprint density at radius 1 is 1.47 bits per heavy atom. The molecule has 84 valence electrons. The lowest BCUT2D eigenvalue weighted by molar-refractivity contribution is 0.148. The van der Waals surface area contributed by atoms with Crippen LogP contribution in [0.2, 0.25) is 0 Å². The highest BCUT2D eigenvalue weighted by molar-refractivity contribution is 9.10. The smallest absolute Gasteiger partial charge is 0.0598 e. The second-order valence-corrected chi connectivity index (χ2v) is 5.32. The first-order chi connectivity index (χ1) is 6.99. The zero-order valence-corrected chi connectivity index (χ0v) is 11.1. The summed E-state index contributed by atoms with van der Waals surface area (Å²) in [6, 6.07) is 2.03. The Bertz CT molecular complexity index is 325. The third-order valence-electron chi connectivity index (χ3n) is 2.33. The Balaban J connectivity index is 2.64. The monoisotopic (exact) mass is 271 g/mol. The number of aliphatic hydroxyl groups excluding tert-OH is 1. The molecule has 0 saturated heterocycles. The Labute approximate surface area is 99.9 Å². The van der Waals surface area contributed by atoms with Crippen molar-refractivity contribution in [3.05, 3.63) is 28.0 Å². The van der Waals surface area contributed by atoms with Crippen molar-refractivity contribution in [2.75, 3.05) is 0 Å². The number of aliphatic hydroxyl groups is 1. The molecule has 2 nitrogen and oxygen atoms in total. The quantitative estimate of drug-likeness (QED) is 0.913. The van der Waals surface area contributed by atoms with Crippen molar-refractivity contribution >= 4 is 15.9 Å². The molecular formula is C12H18BrNO. The van der Waals surface area contributed by atoms with Gasteiger partial charge in [0.1, 0.15) is 0 Å². The summed E-state index contributed by atoms with van der Waals surface area (Å²) >= 11 is 3.38. The highest BCUT2D eigenvalue weighted by Gasteiger charge is 2.10. The fraction of sp³-hybridized carbons (Fsp3) is 0.583. The summed E-state index contributed by atoms with van der Waals surface area (Å²) in [7, 11) is 0. The van der Waals surface area contributed by atoms with Crippen LogP contribution in [-0.2, 0) is 6.42 Å². The molecule has 0 aliphatic heterocycles. The standard InChI is InChI=1S/C12H18BrNO/c1-8(2)4-11(15)6-12-9(3)5-10(13)7-14-12/h5,7-8,11,15H,4,6H2,1-3H3. The van der Waals surface area contributed by atoms with Crippen molar-refractivity contribution in [3.63, 3.8) is 0 Å². The van der Waals surface area contributed by atoms with Gasteiger partial charge in [-0.05, 0) is 46.8 Å². The highest BCUT2D eigenvalue weighted by atomic mass is 79.9. The molecule has 1 unspecified atom stereocenters. The molecule has 0 amide bonds. The summed E-state index contributed by atoms with van der Waals surface area (Å²) in [5.74, 6) is 0.524. The van der Waals surface area contributed by atoms with Crippen LogP contribution in [0.1, 0.15) is 31.5 Å².